The van der Waals surface area contributed by atoms with Crippen LogP contribution in [0.25, 0.3) is 0 Å². The van der Waals surface area contributed by atoms with E-state index in [1.54, 1.807) is 18.7 Å². The van der Waals surface area contributed by atoms with E-state index in [0.717, 1.165) is 11.3 Å². The number of carbonyl (C=O) groups excluding carboxylic acids is 1. The van der Waals surface area contributed by atoms with E-state index in [1.807, 2.05) is 26.2 Å². The summed E-state index contributed by atoms with van der Waals surface area (Å²) in [6, 6.07) is 1.93. The Kier molecular flexibility index (Phi) is 4.65. The average Bonchev–Trinajstić information content (AvgIpc) is 2.54. The standard InChI is InChI=1S/C12H20N2O2S/c1-8-5-9(2)14-10(8)11(15)13-6-12(3,16)7-17-4/h5,14,16H,6-7H2,1-4H3,(H,13,15). The highest BCUT2D eigenvalue weighted by molar-refractivity contribution is 7.98. The maximum absolute atomic E-state index is 11.9. The fourth-order valence-corrected chi connectivity index (χ4v) is 2.41. The third-order valence-corrected chi connectivity index (χ3v) is 3.37. The molecule has 4 nitrogen and oxygen atoms in total. The Labute approximate surface area is 106 Å². The van der Waals surface area contributed by atoms with Crippen molar-refractivity contribution in [3.8, 4) is 0 Å². The molecule has 0 fully saturated rings. The zero-order chi connectivity index (χ0) is 13.1. The minimum atomic E-state index is -0.870. The number of carbonyl (C=O) groups is 1. The lowest BCUT2D eigenvalue weighted by Crippen LogP contribution is -2.42. The molecular formula is C12H20N2O2S. The lowest BCUT2D eigenvalue weighted by atomic mass is 10.1. The molecule has 0 aliphatic rings. The van der Waals surface area contributed by atoms with Gasteiger partial charge in [-0.05, 0) is 38.7 Å². The van der Waals surface area contributed by atoms with E-state index in [1.165, 1.54) is 0 Å². The van der Waals surface area contributed by atoms with Crippen molar-refractivity contribution in [3.05, 3.63) is 23.0 Å². The highest BCUT2D eigenvalue weighted by atomic mass is 32.2. The van der Waals surface area contributed by atoms with Crippen molar-refractivity contribution in [1.82, 2.24) is 10.3 Å². The van der Waals surface area contributed by atoms with E-state index in [9.17, 15) is 9.90 Å². The van der Waals surface area contributed by atoms with Crippen molar-refractivity contribution in [2.45, 2.75) is 26.4 Å². The largest absolute Gasteiger partial charge is 0.387 e. The number of aromatic amines is 1. The second kappa shape index (κ2) is 5.60. The Balaban J connectivity index is 2.59. The monoisotopic (exact) mass is 256 g/mol. The summed E-state index contributed by atoms with van der Waals surface area (Å²) in [7, 11) is 0. The van der Waals surface area contributed by atoms with Crippen LogP contribution in [0, 0.1) is 13.8 Å². The normalized spacial score (nSPS) is 14.4. The van der Waals surface area contributed by atoms with Gasteiger partial charge in [-0.15, -0.1) is 0 Å². The number of aromatic nitrogens is 1. The fourth-order valence-electron chi connectivity index (χ4n) is 1.69. The van der Waals surface area contributed by atoms with E-state index in [0.29, 0.717) is 11.4 Å². The predicted molar refractivity (Wildman–Crippen MR) is 71.6 cm³/mol. The number of hydrogen-bond donors (Lipinski definition) is 3. The number of thioether (sulfide) groups is 1. The van der Waals surface area contributed by atoms with Crippen molar-refractivity contribution in [2.24, 2.45) is 0 Å². The summed E-state index contributed by atoms with van der Waals surface area (Å²) in [5.41, 5.74) is 1.58. The summed E-state index contributed by atoms with van der Waals surface area (Å²) in [5.74, 6) is 0.424. The number of amides is 1. The van der Waals surface area contributed by atoms with Crippen LogP contribution in [0.2, 0.25) is 0 Å². The van der Waals surface area contributed by atoms with Crippen LogP contribution in [0.3, 0.4) is 0 Å². The molecule has 0 aliphatic carbocycles. The van der Waals surface area contributed by atoms with Crippen LogP contribution in [0.1, 0.15) is 28.7 Å². The lowest BCUT2D eigenvalue weighted by molar-refractivity contribution is 0.0722. The van der Waals surface area contributed by atoms with Crippen molar-refractivity contribution >= 4 is 17.7 Å². The second-order valence-corrected chi connectivity index (χ2v) is 5.49. The third-order valence-electron chi connectivity index (χ3n) is 2.46. The predicted octanol–water partition coefficient (Wildman–Crippen LogP) is 1.48. The summed E-state index contributed by atoms with van der Waals surface area (Å²) < 4.78 is 0. The first kappa shape index (κ1) is 14.1. The molecule has 1 unspecified atom stereocenters. The van der Waals surface area contributed by atoms with Gasteiger partial charge in [-0.1, -0.05) is 0 Å². The smallest absolute Gasteiger partial charge is 0.268 e. The van der Waals surface area contributed by atoms with Gasteiger partial charge in [0, 0.05) is 18.0 Å². The van der Waals surface area contributed by atoms with Gasteiger partial charge in [-0.3, -0.25) is 4.79 Å². The number of nitrogens with one attached hydrogen (secondary N) is 2. The molecule has 0 saturated carbocycles. The van der Waals surface area contributed by atoms with Gasteiger partial charge in [0.1, 0.15) is 5.69 Å². The summed E-state index contributed by atoms with van der Waals surface area (Å²) in [6.07, 6.45) is 1.93. The Morgan fingerprint density at radius 2 is 2.24 bits per heavy atom. The molecule has 3 N–H and O–H groups in total. The maximum Gasteiger partial charge on any atom is 0.268 e. The van der Waals surface area contributed by atoms with Gasteiger partial charge in [0.25, 0.3) is 5.91 Å². The molecule has 0 radical (unpaired) electrons. The van der Waals surface area contributed by atoms with Gasteiger partial charge in [0.05, 0.1) is 5.60 Å². The molecule has 0 aromatic carbocycles. The molecule has 1 atom stereocenters. The average molecular weight is 256 g/mol. The van der Waals surface area contributed by atoms with E-state index in [-0.39, 0.29) is 12.5 Å². The molecule has 0 bridgehead atoms. The molecule has 1 amide bonds. The first-order valence-corrected chi connectivity index (χ1v) is 6.91. The van der Waals surface area contributed by atoms with Gasteiger partial charge in [0.15, 0.2) is 0 Å². The van der Waals surface area contributed by atoms with Gasteiger partial charge in [0.2, 0.25) is 0 Å². The molecule has 0 spiro atoms. The number of H-pyrrole nitrogens is 1. The Morgan fingerprint density at radius 1 is 1.59 bits per heavy atom. The third kappa shape index (κ3) is 4.09. The lowest BCUT2D eigenvalue weighted by Gasteiger charge is -2.22. The molecule has 1 heterocycles. The van der Waals surface area contributed by atoms with Gasteiger partial charge in [-0.2, -0.15) is 11.8 Å². The first-order valence-electron chi connectivity index (χ1n) is 5.51. The molecular weight excluding hydrogens is 236 g/mol. The van der Waals surface area contributed by atoms with E-state index in [4.69, 9.17) is 0 Å². The van der Waals surface area contributed by atoms with Crippen LogP contribution in [0.15, 0.2) is 6.07 Å². The van der Waals surface area contributed by atoms with E-state index < -0.39 is 5.60 Å². The van der Waals surface area contributed by atoms with Crippen LogP contribution in [-0.4, -0.2) is 40.2 Å². The molecule has 1 rings (SSSR count). The second-order valence-electron chi connectivity index (χ2n) is 4.62. The maximum atomic E-state index is 11.9. The zero-order valence-electron chi connectivity index (χ0n) is 10.8. The van der Waals surface area contributed by atoms with Crippen LogP contribution in [-0.2, 0) is 0 Å². The van der Waals surface area contributed by atoms with Crippen LogP contribution >= 0.6 is 11.8 Å². The molecule has 1 aromatic rings. The Hall–Kier alpha value is -0.940. The van der Waals surface area contributed by atoms with Gasteiger partial charge < -0.3 is 15.4 Å². The zero-order valence-corrected chi connectivity index (χ0v) is 11.6. The number of rotatable bonds is 5. The summed E-state index contributed by atoms with van der Waals surface area (Å²) in [6.45, 7) is 5.77. The summed E-state index contributed by atoms with van der Waals surface area (Å²) >= 11 is 1.55. The Morgan fingerprint density at radius 3 is 2.71 bits per heavy atom. The van der Waals surface area contributed by atoms with Gasteiger partial charge in [-0.25, -0.2) is 0 Å². The number of aryl methyl sites for hydroxylation is 2. The SMILES string of the molecule is CSCC(C)(O)CNC(=O)c1[nH]c(C)cc1C. The molecule has 0 aliphatic heterocycles. The number of aliphatic hydroxyl groups is 1. The van der Waals surface area contributed by atoms with Crippen molar-refractivity contribution in [2.75, 3.05) is 18.6 Å². The Bertz CT molecular complexity index is 399. The highest BCUT2D eigenvalue weighted by Crippen LogP contribution is 2.11. The van der Waals surface area contributed by atoms with Crippen LogP contribution in [0.5, 0.6) is 0 Å². The van der Waals surface area contributed by atoms with Crippen molar-refractivity contribution in [1.29, 1.82) is 0 Å². The molecule has 0 saturated heterocycles. The summed E-state index contributed by atoms with van der Waals surface area (Å²) in [4.78, 5) is 14.9. The number of hydrogen-bond acceptors (Lipinski definition) is 3. The fraction of sp³-hybridized carbons (Fsp3) is 0.583. The summed E-state index contributed by atoms with van der Waals surface area (Å²) in [5, 5.41) is 12.7. The first-order chi connectivity index (χ1) is 7.85. The topological polar surface area (TPSA) is 65.1 Å². The quantitative estimate of drug-likeness (QED) is 0.747. The van der Waals surface area contributed by atoms with Crippen molar-refractivity contribution in [3.63, 3.8) is 0 Å². The minimum Gasteiger partial charge on any atom is -0.387 e. The molecule has 17 heavy (non-hydrogen) atoms. The molecule has 96 valence electrons. The van der Waals surface area contributed by atoms with Crippen LogP contribution in [0.4, 0.5) is 0 Å². The van der Waals surface area contributed by atoms with E-state index >= 15 is 0 Å². The highest BCUT2D eigenvalue weighted by Gasteiger charge is 2.21. The van der Waals surface area contributed by atoms with Crippen molar-refractivity contribution < 1.29 is 9.90 Å². The van der Waals surface area contributed by atoms with Gasteiger partial charge >= 0.3 is 0 Å². The molecule has 5 heteroatoms. The van der Waals surface area contributed by atoms with Crippen LogP contribution < -0.4 is 5.32 Å². The minimum absolute atomic E-state index is 0.169. The van der Waals surface area contributed by atoms with E-state index in [2.05, 4.69) is 10.3 Å². The molecule has 1 aromatic heterocycles.